The number of benzene rings is 2. The van der Waals surface area contributed by atoms with E-state index in [1.54, 1.807) is 14.2 Å². The predicted octanol–water partition coefficient (Wildman–Crippen LogP) is 5.22. The smallest absolute Gasteiger partial charge is 0.161 e. The molecule has 3 rings (SSSR count). The molecule has 160 valence electrons. The van der Waals surface area contributed by atoms with Crippen LogP contribution >= 0.6 is 0 Å². The van der Waals surface area contributed by atoms with E-state index in [-0.39, 0.29) is 5.92 Å². The molecule has 0 saturated heterocycles. The fourth-order valence-corrected chi connectivity index (χ4v) is 3.80. The molecule has 0 radical (unpaired) electrons. The zero-order valence-corrected chi connectivity index (χ0v) is 18.6. The average Bonchev–Trinajstić information content (AvgIpc) is 2.89. The van der Waals surface area contributed by atoms with E-state index in [2.05, 4.69) is 23.2 Å². The SMILES string of the molecule is CCOc1cc2c(cc1OCC)[C@@H](CC)C(C)=NN=C2c1ccc(OC)c(OC)c1. The minimum absolute atomic E-state index is 0.149. The molecule has 6 heteroatoms. The van der Waals surface area contributed by atoms with Crippen LogP contribution in [0.15, 0.2) is 40.5 Å². The fourth-order valence-electron chi connectivity index (χ4n) is 3.80. The van der Waals surface area contributed by atoms with Gasteiger partial charge in [0.1, 0.15) is 5.71 Å². The first-order valence-electron chi connectivity index (χ1n) is 10.4. The molecule has 2 aromatic rings. The molecule has 30 heavy (non-hydrogen) atoms. The van der Waals surface area contributed by atoms with Gasteiger partial charge in [-0.05, 0) is 63.1 Å². The summed E-state index contributed by atoms with van der Waals surface area (Å²) in [6.45, 7) is 9.24. The van der Waals surface area contributed by atoms with Crippen molar-refractivity contribution in [3.05, 3.63) is 47.0 Å². The Labute approximate surface area is 178 Å². The lowest BCUT2D eigenvalue weighted by molar-refractivity contribution is 0.287. The van der Waals surface area contributed by atoms with Crippen LogP contribution in [-0.4, -0.2) is 38.9 Å². The van der Waals surface area contributed by atoms with Crippen LogP contribution < -0.4 is 18.9 Å². The summed E-state index contributed by atoms with van der Waals surface area (Å²) in [5.41, 5.74) is 4.76. The van der Waals surface area contributed by atoms with Crippen LogP contribution in [-0.2, 0) is 0 Å². The first-order chi connectivity index (χ1) is 14.6. The van der Waals surface area contributed by atoms with E-state index in [4.69, 9.17) is 18.9 Å². The van der Waals surface area contributed by atoms with Crippen molar-refractivity contribution in [2.24, 2.45) is 10.2 Å². The number of rotatable bonds is 8. The maximum Gasteiger partial charge on any atom is 0.161 e. The van der Waals surface area contributed by atoms with Gasteiger partial charge in [0.2, 0.25) is 0 Å². The topological polar surface area (TPSA) is 61.6 Å². The van der Waals surface area contributed by atoms with Crippen LogP contribution in [0.4, 0.5) is 0 Å². The number of nitrogens with zero attached hydrogens (tertiary/aromatic N) is 2. The maximum atomic E-state index is 5.90. The van der Waals surface area contributed by atoms with Gasteiger partial charge in [-0.1, -0.05) is 6.92 Å². The van der Waals surface area contributed by atoms with Gasteiger partial charge in [0.25, 0.3) is 0 Å². The molecule has 1 aliphatic heterocycles. The Morgan fingerprint density at radius 2 is 1.47 bits per heavy atom. The highest BCUT2D eigenvalue weighted by Gasteiger charge is 2.26. The molecule has 6 nitrogen and oxygen atoms in total. The molecule has 0 unspecified atom stereocenters. The van der Waals surface area contributed by atoms with Gasteiger partial charge in [-0.25, -0.2) is 0 Å². The van der Waals surface area contributed by atoms with Crippen molar-refractivity contribution in [1.29, 1.82) is 0 Å². The van der Waals surface area contributed by atoms with Crippen molar-refractivity contribution in [1.82, 2.24) is 0 Å². The van der Waals surface area contributed by atoms with Gasteiger partial charge >= 0.3 is 0 Å². The summed E-state index contributed by atoms with van der Waals surface area (Å²) >= 11 is 0. The summed E-state index contributed by atoms with van der Waals surface area (Å²) in [7, 11) is 3.25. The number of hydrogen-bond donors (Lipinski definition) is 0. The lowest BCUT2D eigenvalue weighted by atomic mass is 9.85. The zero-order chi connectivity index (χ0) is 21.7. The third-order valence-corrected chi connectivity index (χ3v) is 5.22. The van der Waals surface area contributed by atoms with E-state index < -0.39 is 0 Å². The van der Waals surface area contributed by atoms with Crippen LogP contribution in [0.2, 0.25) is 0 Å². The Morgan fingerprint density at radius 1 is 0.800 bits per heavy atom. The van der Waals surface area contributed by atoms with Gasteiger partial charge in [-0.15, -0.1) is 5.10 Å². The number of methoxy groups -OCH3 is 2. The summed E-state index contributed by atoms with van der Waals surface area (Å²) in [6.07, 6.45) is 0.913. The Kier molecular flexibility index (Phi) is 6.98. The second-order valence-electron chi connectivity index (χ2n) is 6.97. The normalized spacial score (nSPS) is 15.5. The minimum atomic E-state index is 0.149. The summed E-state index contributed by atoms with van der Waals surface area (Å²) in [4.78, 5) is 0. The lowest BCUT2D eigenvalue weighted by Gasteiger charge is -2.21. The number of fused-ring (bicyclic) bond motifs is 1. The number of hydrogen-bond acceptors (Lipinski definition) is 6. The molecule has 0 fully saturated rings. The van der Waals surface area contributed by atoms with Crippen LogP contribution in [0.1, 0.15) is 56.7 Å². The van der Waals surface area contributed by atoms with E-state index in [1.807, 2.05) is 45.0 Å². The summed E-state index contributed by atoms with van der Waals surface area (Å²) in [6, 6.07) is 9.88. The molecule has 1 aliphatic rings. The summed E-state index contributed by atoms with van der Waals surface area (Å²) in [5.74, 6) is 2.92. The molecular formula is C24H30N2O4. The van der Waals surface area contributed by atoms with E-state index in [9.17, 15) is 0 Å². The van der Waals surface area contributed by atoms with Crippen molar-refractivity contribution < 1.29 is 18.9 Å². The van der Waals surface area contributed by atoms with Crippen molar-refractivity contribution in [3.8, 4) is 23.0 Å². The molecule has 2 aromatic carbocycles. The van der Waals surface area contributed by atoms with Gasteiger partial charge in [-0.3, -0.25) is 0 Å². The standard InChI is InChI=1S/C24H30N2O4/c1-7-17-15(4)25-26-24(16-10-11-20(27-5)21(12-16)28-6)19-14-23(30-9-3)22(29-8-2)13-18(17)19/h10-14,17H,7-9H2,1-6H3/t17-/m0/s1. The van der Waals surface area contributed by atoms with Gasteiger partial charge in [0, 0.05) is 22.8 Å². The van der Waals surface area contributed by atoms with Crippen LogP contribution in [0.25, 0.3) is 0 Å². The summed E-state index contributed by atoms with van der Waals surface area (Å²) < 4.78 is 22.7. The lowest BCUT2D eigenvalue weighted by Crippen LogP contribution is -2.13. The zero-order valence-electron chi connectivity index (χ0n) is 18.6. The van der Waals surface area contributed by atoms with Crippen LogP contribution in [0, 0.1) is 0 Å². The molecule has 0 amide bonds. The molecule has 0 saturated carbocycles. The molecule has 0 N–H and O–H groups in total. The van der Waals surface area contributed by atoms with Gasteiger partial charge in [0.05, 0.1) is 27.4 Å². The van der Waals surface area contributed by atoms with E-state index in [0.717, 1.165) is 40.3 Å². The molecule has 1 heterocycles. The predicted molar refractivity (Wildman–Crippen MR) is 120 cm³/mol. The van der Waals surface area contributed by atoms with E-state index in [0.29, 0.717) is 30.5 Å². The molecule has 0 aliphatic carbocycles. The Morgan fingerprint density at radius 3 is 2.07 bits per heavy atom. The largest absolute Gasteiger partial charge is 0.493 e. The van der Waals surface area contributed by atoms with Gasteiger partial charge in [0.15, 0.2) is 23.0 Å². The van der Waals surface area contributed by atoms with Crippen molar-refractivity contribution >= 4 is 11.4 Å². The first kappa shape index (κ1) is 21.7. The molecule has 0 aromatic heterocycles. The molecular weight excluding hydrogens is 380 g/mol. The Hall–Kier alpha value is -3.02. The monoisotopic (exact) mass is 410 g/mol. The highest BCUT2D eigenvalue weighted by molar-refractivity contribution is 6.16. The van der Waals surface area contributed by atoms with Gasteiger partial charge < -0.3 is 18.9 Å². The highest BCUT2D eigenvalue weighted by atomic mass is 16.5. The second kappa shape index (κ2) is 9.65. The average molecular weight is 411 g/mol. The van der Waals surface area contributed by atoms with Crippen molar-refractivity contribution in [3.63, 3.8) is 0 Å². The van der Waals surface area contributed by atoms with Crippen LogP contribution in [0.3, 0.4) is 0 Å². The molecule has 0 spiro atoms. The summed E-state index contributed by atoms with van der Waals surface area (Å²) in [5, 5.41) is 9.18. The second-order valence-corrected chi connectivity index (χ2v) is 6.97. The highest BCUT2D eigenvalue weighted by Crippen LogP contribution is 2.39. The molecule has 1 atom stereocenters. The van der Waals surface area contributed by atoms with Crippen molar-refractivity contribution in [2.75, 3.05) is 27.4 Å². The number of ether oxygens (including phenoxy) is 4. The first-order valence-corrected chi connectivity index (χ1v) is 10.4. The van der Waals surface area contributed by atoms with Crippen molar-refractivity contribution in [2.45, 2.75) is 40.0 Å². The Balaban J connectivity index is 2.24. The third kappa shape index (κ3) is 4.13. The van der Waals surface area contributed by atoms with Crippen LogP contribution in [0.5, 0.6) is 23.0 Å². The van der Waals surface area contributed by atoms with Gasteiger partial charge in [-0.2, -0.15) is 5.10 Å². The molecule has 0 bridgehead atoms. The van der Waals surface area contributed by atoms with E-state index in [1.165, 1.54) is 0 Å². The Bertz CT molecular complexity index is 966. The minimum Gasteiger partial charge on any atom is -0.493 e. The third-order valence-electron chi connectivity index (χ3n) is 5.22. The quantitative estimate of drug-likeness (QED) is 0.598. The maximum absolute atomic E-state index is 5.90. The van der Waals surface area contributed by atoms with E-state index >= 15 is 0 Å². The fraction of sp³-hybridized carbons (Fsp3) is 0.417.